The Morgan fingerprint density at radius 3 is 0.662 bits per heavy atom. The van der Waals surface area contributed by atoms with Crippen molar-refractivity contribution in [1.82, 2.24) is 0 Å². The number of hydrogen-bond acceptors (Lipinski definition) is 1. The van der Waals surface area contributed by atoms with Gasteiger partial charge >= 0.3 is 0 Å². The van der Waals surface area contributed by atoms with Crippen LogP contribution < -0.4 is 4.74 Å². The minimum Gasteiger partial charge on any atom is -0.497 e. The molecule has 0 aromatic heterocycles. The van der Waals surface area contributed by atoms with Gasteiger partial charge < -0.3 is 4.74 Å². The Labute approximate surface area is 399 Å². The molecule has 322 valence electrons. The third-order valence-electron chi connectivity index (χ3n) is 13.1. The van der Waals surface area contributed by atoms with E-state index in [4.69, 9.17) is 4.74 Å². The summed E-state index contributed by atoms with van der Waals surface area (Å²) in [5.74, 6) is 0.846. The van der Waals surface area contributed by atoms with Gasteiger partial charge in [-0.25, -0.2) is 0 Å². The topological polar surface area (TPSA) is 9.23 Å². The molecule has 0 spiro atoms. The molecule has 0 amide bonds. The summed E-state index contributed by atoms with van der Waals surface area (Å²) in [5.41, 5.74) is 24.0. The van der Waals surface area contributed by atoms with Crippen molar-refractivity contribution in [3.63, 3.8) is 0 Å². The van der Waals surface area contributed by atoms with Crippen LogP contribution in [0.4, 0.5) is 0 Å². The summed E-state index contributed by atoms with van der Waals surface area (Å²) in [7, 11) is 1.71. The van der Waals surface area contributed by atoms with E-state index in [1.54, 1.807) is 7.11 Å². The molecule has 0 saturated heterocycles. The molecule has 68 heavy (non-hydrogen) atoms. The number of methoxy groups -OCH3 is 1. The largest absolute Gasteiger partial charge is 0.497 e. The average molecular weight is 869 g/mol. The highest BCUT2D eigenvalue weighted by molar-refractivity contribution is 5.88. The van der Waals surface area contributed by atoms with Crippen LogP contribution in [0.5, 0.6) is 5.75 Å². The molecule has 0 aliphatic heterocycles. The quantitative estimate of drug-likeness (QED) is 0.126. The molecule has 0 saturated carbocycles. The van der Waals surface area contributed by atoms with Gasteiger partial charge in [0.1, 0.15) is 5.75 Å². The molecule has 0 radical (unpaired) electrons. The van der Waals surface area contributed by atoms with Gasteiger partial charge in [-0.2, -0.15) is 0 Å². The highest BCUT2D eigenvalue weighted by Gasteiger charge is 2.12. The molecule has 0 heterocycles. The second-order valence-corrected chi connectivity index (χ2v) is 17.3. The minimum absolute atomic E-state index is 0.846. The predicted molar refractivity (Wildman–Crippen MR) is 287 cm³/mol. The van der Waals surface area contributed by atoms with Crippen molar-refractivity contribution < 1.29 is 4.74 Å². The van der Waals surface area contributed by atoms with Gasteiger partial charge in [-0.05, 0) is 129 Å². The van der Waals surface area contributed by atoms with Gasteiger partial charge in [0.15, 0.2) is 0 Å². The van der Waals surface area contributed by atoms with E-state index in [1.165, 1.54) is 106 Å². The van der Waals surface area contributed by atoms with Crippen LogP contribution in [0.2, 0.25) is 0 Å². The van der Waals surface area contributed by atoms with Crippen molar-refractivity contribution in [3.8, 4) is 117 Å². The van der Waals surface area contributed by atoms with Crippen molar-refractivity contribution in [2.24, 2.45) is 0 Å². The van der Waals surface area contributed by atoms with Crippen LogP contribution in [0.3, 0.4) is 0 Å². The van der Waals surface area contributed by atoms with E-state index in [-0.39, 0.29) is 0 Å². The lowest BCUT2D eigenvalue weighted by Crippen LogP contribution is -1.89. The summed E-state index contributed by atoms with van der Waals surface area (Å²) in [6.07, 6.45) is 0. The number of hydrogen-bond donors (Lipinski definition) is 0. The zero-order valence-corrected chi connectivity index (χ0v) is 37.9. The Hall–Kier alpha value is -8.78. The van der Waals surface area contributed by atoms with Gasteiger partial charge in [0, 0.05) is 0 Å². The van der Waals surface area contributed by atoms with Crippen molar-refractivity contribution in [2.45, 2.75) is 0 Å². The Balaban J connectivity index is 0.759. The summed E-state index contributed by atoms with van der Waals surface area (Å²) < 4.78 is 5.50. The van der Waals surface area contributed by atoms with Gasteiger partial charge in [-0.1, -0.05) is 255 Å². The first-order valence-corrected chi connectivity index (χ1v) is 23.2. The smallest absolute Gasteiger partial charge is 0.118 e. The van der Waals surface area contributed by atoms with E-state index in [9.17, 15) is 0 Å². The molecule has 11 rings (SSSR count). The Bertz CT molecular complexity index is 3410. The maximum Gasteiger partial charge on any atom is 0.118 e. The van der Waals surface area contributed by atoms with Gasteiger partial charge in [-0.15, -0.1) is 0 Å². The minimum atomic E-state index is 0.846. The van der Waals surface area contributed by atoms with Crippen LogP contribution in [0.25, 0.3) is 111 Å². The van der Waals surface area contributed by atoms with Crippen LogP contribution in [-0.2, 0) is 0 Å². The molecule has 0 aliphatic carbocycles. The first-order valence-electron chi connectivity index (χ1n) is 23.2. The molecule has 11 aromatic rings. The summed E-state index contributed by atoms with van der Waals surface area (Å²) in [6, 6.07) is 98.5. The average Bonchev–Trinajstić information content (AvgIpc) is 3.44. The lowest BCUT2D eigenvalue weighted by Gasteiger charge is -2.15. The first-order chi connectivity index (χ1) is 33.6. The van der Waals surface area contributed by atoms with E-state index in [0.717, 1.165) is 11.3 Å². The lowest BCUT2D eigenvalue weighted by atomic mass is 9.90. The maximum absolute atomic E-state index is 5.50. The van der Waals surface area contributed by atoms with Gasteiger partial charge in [-0.3, -0.25) is 0 Å². The molecule has 0 fully saturated rings. The monoisotopic (exact) mass is 868 g/mol. The van der Waals surface area contributed by atoms with Crippen LogP contribution in [0.15, 0.2) is 273 Å². The molecule has 0 aliphatic rings. The molecular weight excluding hydrogens is 821 g/mol. The number of benzene rings is 11. The van der Waals surface area contributed by atoms with Gasteiger partial charge in [0.05, 0.1) is 7.11 Å². The normalized spacial score (nSPS) is 11.0. The fraction of sp³-hybridized carbons (Fsp3) is 0.0149. The lowest BCUT2D eigenvalue weighted by molar-refractivity contribution is 0.415. The molecule has 0 atom stereocenters. The Morgan fingerprint density at radius 2 is 0.382 bits per heavy atom. The molecule has 1 nitrogen and oxygen atoms in total. The molecular formula is C67H48O. The molecule has 0 N–H and O–H groups in total. The SMILES string of the molecule is COc1ccc(-c2cc(-c3ccc(-c4ccc(-c5ccc(-c6ccc(-c7ccc(-c8ccc(-c9ccccc9)cc8)cc7)cc6)cc5)cc4)cc3)ccc2-c2ccc(-c3ccccc3)cc2)cc1. The fourth-order valence-corrected chi connectivity index (χ4v) is 9.22. The highest BCUT2D eigenvalue weighted by Crippen LogP contribution is 2.38. The zero-order valence-electron chi connectivity index (χ0n) is 37.9. The number of rotatable bonds is 11. The molecule has 0 bridgehead atoms. The van der Waals surface area contributed by atoms with E-state index in [1.807, 2.05) is 12.1 Å². The third kappa shape index (κ3) is 8.94. The molecule has 0 unspecified atom stereocenters. The third-order valence-corrected chi connectivity index (χ3v) is 13.1. The Kier molecular flexibility index (Phi) is 11.7. The summed E-state index contributed by atoms with van der Waals surface area (Å²) in [4.78, 5) is 0. The van der Waals surface area contributed by atoms with Crippen molar-refractivity contribution in [2.75, 3.05) is 7.11 Å². The van der Waals surface area contributed by atoms with E-state index >= 15 is 0 Å². The van der Waals surface area contributed by atoms with Crippen molar-refractivity contribution in [3.05, 3.63) is 273 Å². The Morgan fingerprint density at radius 1 is 0.176 bits per heavy atom. The standard InChI is InChI=1S/C67H48O/c1-68-65-43-40-63(41-44-65)67-46-64(42-45-66(67)62-38-36-50(37-39-62)48-10-6-3-7-11-48)61-34-32-60(33-35-61)59-30-28-58(29-31-59)57-26-24-56(25-27-57)55-22-20-54(21-23-55)53-18-16-52(17-19-53)51-14-12-49(13-15-51)47-8-4-2-5-9-47/h2-46H,1H3. The van der Waals surface area contributed by atoms with Crippen LogP contribution in [0.1, 0.15) is 0 Å². The summed E-state index contributed by atoms with van der Waals surface area (Å²) in [6.45, 7) is 0. The second-order valence-electron chi connectivity index (χ2n) is 17.3. The zero-order chi connectivity index (χ0) is 45.7. The maximum atomic E-state index is 5.50. The second kappa shape index (κ2) is 19.0. The molecule has 1 heteroatoms. The summed E-state index contributed by atoms with van der Waals surface area (Å²) >= 11 is 0. The van der Waals surface area contributed by atoms with Crippen molar-refractivity contribution in [1.29, 1.82) is 0 Å². The van der Waals surface area contributed by atoms with Crippen LogP contribution in [-0.4, -0.2) is 7.11 Å². The molecule has 11 aromatic carbocycles. The fourth-order valence-electron chi connectivity index (χ4n) is 9.22. The van der Waals surface area contributed by atoms with E-state index in [0.29, 0.717) is 0 Å². The van der Waals surface area contributed by atoms with E-state index in [2.05, 4.69) is 261 Å². The predicted octanol–water partition coefficient (Wildman–Crippen LogP) is 18.4. The van der Waals surface area contributed by atoms with Gasteiger partial charge in [0.2, 0.25) is 0 Å². The summed E-state index contributed by atoms with van der Waals surface area (Å²) in [5, 5.41) is 0. The number of ether oxygens (including phenoxy) is 1. The van der Waals surface area contributed by atoms with Crippen LogP contribution >= 0.6 is 0 Å². The first kappa shape index (κ1) is 41.9. The highest BCUT2D eigenvalue weighted by atomic mass is 16.5. The van der Waals surface area contributed by atoms with E-state index < -0.39 is 0 Å². The van der Waals surface area contributed by atoms with Gasteiger partial charge in [0.25, 0.3) is 0 Å². The van der Waals surface area contributed by atoms with Crippen LogP contribution in [0, 0.1) is 0 Å². The van der Waals surface area contributed by atoms with Crippen molar-refractivity contribution >= 4 is 0 Å².